The lowest BCUT2D eigenvalue weighted by atomic mass is 10.1. The highest BCUT2D eigenvalue weighted by molar-refractivity contribution is 7.91. The average Bonchev–Trinajstić information content (AvgIpc) is 3.01. The van der Waals surface area contributed by atoms with Gasteiger partial charge in [0, 0.05) is 11.4 Å². The van der Waals surface area contributed by atoms with Crippen molar-refractivity contribution in [3.8, 4) is 6.07 Å². The molecule has 1 aliphatic rings. The predicted octanol–water partition coefficient (Wildman–Crippen LogP) is 3.46. The van der Waals surface area contributed by atoms with E-state index in [4.69, 9.17) is 28.5 Å². The quantitative estimate of drug-likeness (QED) is 0.856. The third-order valence-corrected chi connectivity index (χ3v) is 5.81. The first kappa shape index (κ1) is 13.7. The molecule has 1 saturated carbocycles. The van der Waals surface area contributed by atoms with Crippen LogP contribution < -0.4 is 0 Å². The van der Waals surface area contributed by atoms with Crippen LogP contribution in [-0.4, -0.2) is 14.2 Å². The van der Waals surface area contributed by atoms with E-state index in [0.29, 0.717) is 5.02 Å². The first-order valence-electron chi connectivity index (χ1n) is 5.43. The molecule has 0 amide bonds. The highest BCUT2D eigenvalue weighted by atomic mass is 35.5. The van der Waals surface area contributed by atoms with Crippen LogP contribution in [0.25, 0.3) is 0 Å². The average molecular weight is 304 g/mol. The van der Waals surface area contributed by atoms with Crippen LogP contribution in [0.4, 0.5) is 0 Å². The maximum atomic E-state index is 12.3. The van der Waals surface area contributed by atoms with Crippen LogP contribution in [0.15, 0.2) is 23.1 Å². The van der Waals surface area contributed by atoms with Crippen molar-refractivity contribution in [1.29, 1.82) is 5.26 Å². The minimum Gasteiger partial charge on any atom is -0.224 e. The SMILES string of the molecule is N#CCC1(CS(=O)(=O)c2cc(Cl)ccc2Cl)CC1. The van der Waals surface area contributed by atoms with E-state index in [9.17, 15) is 8.42 Å². The lowest BCUT2D eigenvalue weighted by Crippen LogP contribution is -2.17. The van der Waals surface area contributed by atoms with Crippen LogP contribution in [0.5, 0.6) is 0 Å². The second-order valence-electron chi connectivity index (χ2n) is 4.67. The van der Waals surface area contributed by atoms with Crippen molar-refractivity contribution >= 4 is 33.0 Å². The zero-order valence-electron chi connectivity index (χ0n) is 9.49. The summed E-state index contributed by atoms with van der Waals surface area (Å²) >= 11 is 11.7. The molecule has 0 atom stereocenters. The van der Waals surface area contributed by atoms with E-state index in [1.807, 2.05) is 6.07 Å². The van der Waals surface area contributed by atoms with Crippen molar-refractivity contribution in [3.05, 3.63) is 28.2 Å². The van der Waals surface area contributed by atoms with Gasteiger partial charge >= 0.3 is 0 Å². The third kappa shape index (κ3) is 2.80. The Morgan fingerprint density at radius 1 is 1.33 bits per heavy atom. The van der Waals surface area contributed by atoms with Crippen LogP contribution in [0.3, 0.4) is 0 Å². The molecule has 0 saturated heterocycles. The summed E-state index contributed by atoms with van der Waals surface area (Å²) in [5.41, 5.74) is -0.376. The molecule has 0 heterocycles. The van der Waals surface area contributed by atoms with Gasteiger partial charge in [-0.25, -0.2) is 8.42 Å². The number of hydrogen-bond acceptors (Lipinski definition) is 3. The van der Waals surface area contributed by atoms with Crippen LogP contribution in [-0.2, 0) is 9.84 Å². The molecule has 0 bridgehead atoms. The molecule has 1 fully saturated rings. The van der Waals surface area contributed by atoms with E-state index >= 15 is 0 Å². The van der Waals surface area contributed by atoms with Gasteiger partial charge in [0.25, 0.3) is 0 Å². The van der Waals surface area contributed by atoms with Gasteiger partial charge in [0.15, 0.2) is 9.84 Å². The maximum absolute atomic E-state index is 12.3. The van der Waals surface area contributed by atoms with Gasteiger partial charge in [-0.3, -0.25) is 0 Å². The normalized spacial score (nSPS) is 17.2. The van der Waals surface area contributed by atoms with Crippen molar-refractivity contribution in [2.45, 2.75) is 24.2 Å². The molecule has 6 heteroatoms. The Bertz CT molecular complexity index is 615. The van der Waals surface area contributed by atoms with Crippen molar-refractivity contribution in [1.82, 2.24) is 0 Å². The largest absolute Gasteiger partial charge is 0.224 e. The molecule has 0 aliphatic heterocycles. The third-order valence-electron chi connectivity index (χ3n) is 3.14. The summed E-state index contributed by atoms with van der Waals surface area (Å²) in [6.45, 7) is 0. The minimum atomic E-state index is -3.50. The molecule has 0 aromatic heterocycles. The summed E-state index contributed by atoms with van der Waals surface area (Å²) in [4.78, 5) is 0.0564. The van der Waals surface area contributed by atoms with E-state index in [1.165, 1.54) is 12.1 Å². The van der Waals surface area contributed by atoms with Crippen LogP contribution >= 0.6 is 23.2 Å². The van der Waals surface area contributed by atoms with Gasteiger partial charge in [-0.2, -0.15) is 5.26 Å². The molecular formula is C12H11Cl2NO2S. The summed E-state index contributed by atoms with van der Waals surface area (Å²) in [5.74, 6) is -0.0341. The molecule has 1 aliphatic carbocycles. The fraction of sp³-hybridized carbons (Fsp3) is 0.417. The first-order valence-corrected chi connectivity index (χ1v) is 7.84. The van der Waals surface area contributed by atoms with E-state index in [2.05, 4.69) is 0 Å². The highest BCUT2D eigenvalue weighted by Crippen LogP contribution is 2.50. The van der Waals surface area contributed by atoms with Gasteiger partial charge < -0.3 is 0 Å². The Morgan fingerprint density at radius 3 is 2.56 bits per heavy atom. The van der Waals surface area contributed by atoms with E-state index in [1.54, 1.807) is 6.07 Å². The Morgan fingerprint density at radius 2 is 2.00 bits per heavy atom. The second-order valence-corrected chi connectivity index (χ2v) is 7.47. The van der Waals surface area contributed by atoms with Crippen molar-refractivity contribution in [3.63, 3.8) is 0 Å². The number of hydrogen-bond donors (Lipinski definition) is 0. The molecule has 3 nitrogen and oxygen atoms in total. The number of nitrogens with zero attached hydrogens (tertiary/aromatic N) is 1. The number of nitriles is 1. The van der Waals surface area contributed by atoms with Crippen LogP contribution in [0.1, 0.15) is 19.3 Å². The molecule has 1 aromatic rings. The van der Waals surface area contributed by atoms with Gasteiger partial charge in [0.05, 0.1) is 21.7 Å². The number of rotatable bonds is 4. The molecule has 0 N–H and O–H groups in total. The summed E-state index contributed by atoms with van der Waals surface area (Å²) < 4.78 is 24.6. The highest BCUT2D eigenvalue weighted by Gasteiger charge is 2.46. The molecule has 18 heavy (non-hydrogen) atoms. The van der Waals surface area contributed by atoms with Gasteiger partial charge in [0.1, 0.15) is 0 Å². The fourth-order valence-corrected chi connectivity index (χ4v) is 4.64. The summed E-state index contributed by atoms with van der Waals surface area (Å²) in [6.07, 6.45) is 1.82. The van der Waals surface area contributed by atoms with Gasteiger partial charge in [0.2, 0.25) is 0 Å². The Labute approximate surface area is 116 Å². The predicted molar refractivity (Wildman–Crippen MR) is 70.4 cm³/mol. The molecule has 1 aromatic carbocycles. The number of benzene rings is 1. The summed E-state index contributed by atoms with van der Waals surface area (Å²) in [7, 11) is -3.50. The zero-order chi connectivity index (χ0) is 13.4. The topological polar surface area (TPSA) is 57.9 Å². The van der Waals surface area contributed by atoms with Crippen molar-refractivity contribution < 1.29 is 8.42 Å². The summed E-state index contributed by atoms with van der Waals surface area (Å²) in [6, 6.07) is 6.43. The lowest BCUT2D eigenvalue weighted by Gasteiger charge is -2.12. The Kier molecular flexibility index (Phi) is 3.59. The molecule has 0 spiro atoms. The Balaban J connectivity index is 2.32. The zero-order valence-corrected chi connectivity index (χ0v) is 11.8. The minimum absolute atomic E-state index is 0.0341. The van der Waals surface area contributed by atoms with Gasteiger partial charge in [-0.05, 0) is 36.5 Å². The molecule has 0 radical (unpaired) electrons. The molecule has 0 unspecified atom stereocenters. The monoisotopic (exact) mass is 303 g/mol. The molecule has 96 valence electrons. The lowest BCUT2D eigenvalue weighted by molar-refractivity contribution is 0.548. The van der Waals surface area contributed by atoms with Crippen LogP contribution in [0.2, 0.25) is 10.0 Å². The van der Waals surface area contributed by atoms with E-state index < -0.39 is 9.84 Å². The van der Waals surface area contributed by atoms with Crippen LogP contribution in [0, 0.1) is 16.7 Å². The number of sulfone groups is 1. The molecule has 2 rings (SSSR count). The fourth-order valence-electron chi connectivity index (χ4n) is 1.91. The van der Waals surface area contributed by atoms with Crippen molar-refractivity contribution in [2.75, 3.05) is 5.75 Å². The van der Waals surface area contributed by atoms with Gasteiger partial charge in [-0.15, -0.1) is 0 Å². The van der Waals surface area contributed by atoms with Gasteiger partial charge in [-0.1, -0.05) is 23.2 Å². The van der Waals surface area contributed by atoms with Crippen molar-refractivity contribution in [2.24, 2.45) is 5.41 Å². The van der Waals surface area contributed by atoms with E-state index in [-0.39, 0.29) is 27.5 Å². The Hall–Kier alpha value is -0.760. The smallest absolute Gasteiger partial charge is 0.180 e. The first-order chi connectivity index (χ1) is 8.38. The maximum Gasteiger partial charge on any atom is 0.180 e. The molecular weight excluding hydrogens is 293 g/mol. The van der Waals surface area contributed by atoms with E-state index in [0.717, 1.165) is 12.8 Å². The second kappa shape index (κ2) is 4.73. The standard InChI is InChI=1S/C12H11Cl2NO2S/c13-9-1-2-10(14)11(7-9)18(16,17)8-12(3-4-12)5-6-15/h1-2,7H,3-5,8H2. The number of halogens is 2. The summed E-state index contributed by atoms with van der Waals surface area (Å²) in [5, 5.41) is 9.23.